The Morgan fingerprint density at radius 2 is 1.52 bits per heavy atom. The van der Waals surface area contributed by atoms with Gasteiger partial charge in [0.2, 0.25) is 0 Å². The van der Waals surface area contributed by atoms with Gasteiger partial charge in [-0.3, -0.25) is 4.57 Å². The number of hydrogen-bond donors (Lipinski definition) is 0. The van der Waals surface area contributed by atoms with Gasteiger partial charge in [0, 0.05) is 22.2 Å². The van der Waals surface area contributed by atoms with E-state index >= 15 is 0 Å². The van der Waals surface area contributed by atoms with E-state index < -0.39 is 0 Å². The summed E-state index contributed by atoms with van der Waals surface area (Å²) >= 11 is 1.67. The van der Waals surface area contributed by atoms with Crippen LogP contribution in [0.2, 0.25) is 0 Å². The van der Waals surface area contributed by atoms with Crippen LogP contribution in [0.15, 0.2) is 84.2 Å². The highest BCUT2D eigenvalue weighted by molar-refractivity contribution is 7.13. The predicted molar refractivity (Wildman–Crippen MR) is 112 cm³/mol. The van der Waals surface area contributed by atoms with Crippen LogP contribution in [-0.4, -0.2) is 14.5 Å². The molecule has 27 heavy (non-hydrogen) atoms. The molecule has 0 bridgehead atoms. The fraction of sp³-hybridized carbons (Fsp3) is 0.0435. The lowest BCUT2D eigenvalue weighted by atomic mass is 10.2. The lowest BCUT2D eigenvalue weighted by molar-refractivity contribution is 1.00. The minimum absolute atomic E-state index is 0.984. The van der Waals surface area contributed by atoms with Gasteiger partial charge in [-0.15, -0.1) is 11.3 Å². The van der Waals surface area contributed by atoms with Gasteiger partial charge in [-0.25, -0.2) is 9.97 Å². The average molecular weight is 367 g/mol. The van der Waals surface area contributed by atoms with Crippen LogP contribution in [0.1, 0.15) is 5.82 Å². The summed E-state index contributed by atoms with van der Waals surface area (Å²) in [5, 5.41) is 3.13. The molecule has 0 amide bonds. The van der Waals surface area contributed by atoms with Gasteiger partial charge < -0.3 is 0 Å². The van der Waals surface area contributed by atoms with Crippen molar-refractivity contribution in [2.24, 2.45) is 0 Å². The van der Waals surface area contributed by atoms with Gasteiger partial charge in [-0.1, -0.05) is 48.5 Å². The van der Waals surface area contributed by atoms with E-state index in [1.165, 1.54) is 0 Å². The van der Waals surface area contributed by atoms with Crippen molar-refractivity contribution in [1.82, 2.24) is 14.5 Å². The smallest absolute Gasteiger partial charge is 0.124 e. The Bertz CT molecular complexity index is 1220. The zero-order valence-corrected chi connectivity index (χ0v) is 15.6. The first-order chi connectivity index (χ1) is 13.3. The third-order valence-corrected chi connectivity index (χ3v) is 5.55. The van der Waals surface area contributed by atoms with Crippen LogP contribution in [0, 0.1) is 6.92 Å². The number of thiazole rings is 1. The fourth-order valence-corrected chi connectivity index (χ4v) is 4.21. The fourth-order valence-electron chi connectivity index (χ4n) is 3.38. The molecule has 3 aromatic carbocycles. The van der Waals surface area contributed by atoms with Gasteiger partial charge in [0.1, 0.15) is 10.8 Å². The number of nitrogens with zero attached hydrogens (tertiary/aromatic N) is 3. The first kappa shape index (κ1) is 16.0. The molecule has 2 aromatic heterocycles. The summed E-state index contributed by atoms with van der Waals surface area (Å²) in [5.41, 5.74) is 6.50. The molecule has 0 radical (unpaired) electrons. The molecule has 4 heteroatoms. The number of aryl methyl sites for hydroxylation is 1. The van der Waals surface area contributed by atoms with Crippen molar-refractivity contribution in [1.29, 1.82) is 0 Å². The molecule has 5 rings (SSSR count). The van der Waals surface area contributed by atoms with Crippen LogP contribution in [0.3, 0.4) is 0 Å². The Labute approximate surface area is 161 Å². The number of imidazole rings is 1. The van der Waals surface area contributed by atoms with Crippen molar-refractivity contribution in [3.63, 3.8) is 0 Å². The largest absolute Gasteiger partial charge is 0.297 e. The molecular weight excluding hydrogens is 350 g/mol. The maximum Gasteiger partial charge on any atom is 0.124 e. The summed E-state index contributed by atoms with van der Waals surface area (Å²) in [6.07, 6.45) is 0. The Morgan fingerprint density at radius 1 is 0.778 bits per heavy atom. The highest BCUT2D eigenvalue weighted by Gasteiger charge is 2.12. The van der Waals surface area contributed by atoms with E-state index in [1.54, 1.807) is 11.3 Å². The first-order valence-corrected chi connectivity index (χ1v) is 9.73. The summed E-state index contributed by atoms with van der Waals surface area (Å²) in [5.74, 6) is 0.984. The van der Waals surface area contributed by atoms with Gasteiger partial charge >= 0.3 is 0 Å². The Kier molecular flexibility index (Phi) is 3.84. The van der Waals surface area contributed by atoms with E-state index in [0.29, 0.717) is 0 Å². The first-order valence-electron chi connectivity index (χ1n) is 8.85. The van der Waals surface area contributed by atoms with Crippen molar-refractivity contribution in [2.75, 3.05) is 0 Å². The molecule has 0 saturated carbocycles. The van der Waals surface area contributed by atoms with Crippen LogP contribution in [0.4, 0.5) is 0 Å². The lowest BCUT2D eigenvalue weighted by Gasteiger charge is -2.06. The van der Waals surface area contributed by atoms with Crippen LogP contribution in [-0.2, 0) is 0 Å². The van der Waals surface area contributed by atoms with Gasteiger partial charge in [-0.2, -0.15) is 0 Å². The minimum atomic E-state index is 0.984. The van der Waals surface area contributed by atoms with E-state index in [9.17, 15) is 0 Å². The molecule has 3 nitrogen and oxygen atoms in total. The molecule has 2 heterocycles. The van der Waals surface area contributed by atoms with E-state index in [2.05, 4.69) is 64.5 Å². The predicted octanol–water partition coefficient (Wildman–Crippen LogP) is 6.12. The lowest BCUT2D eigenvalue weighted by Crippen LogP contribution is -1.95. The molecule has 5 aromatic rings. The molecule has 0 aliphatic carbocycles. The second-order valence-corrected chi connectivity index (χ2v) is 7.30. The standard InChI is InChI=1S/C23H17N3S/c1-16-24-20-14-18(12-13-22(20)26(16)19-10-6-3-7-11-19)23-25-21(15-27-23)17-8-4-2-5-9-17/h2-15H,1H3. The quantitative estimate of drug-likeness (QED) is 0.384. The minimum Gasteiger partial charge on any atom is -0.297 e. The third-order valence-electron chi connectivity index (χ3n) is 4.66. The number of fused-ring (bicyclic) bond motifs is 1. The number of benzene rings is 3. The average Bonchev–Trinajstić information content (AvgIpc) is 3.33. The van der Waals surface area contributed by atoms with Crippen molar-refractivity contribution in [2.45, 2.75) is 6.92 Å². The van der Waals surface area contributed by atoms with Crippen molar-refractivity contribution in [3.8, 4) is 27.5 Å². The molecule has 0 aliphatic rings. The van der Waals surface area contributed by atoms with Crippen molar-refractivity contribution >= 4 is 22.4 Å². The number of para-hydroxylation sites is 1. The molecule has 0 atom stereocenters. The second-order valence-electron chi connectivity index (χ2n) is 6.44. The summed E-state index contributed by atoms with van der Waals surface area (Å²) < 4.78 is 2.19. The summed E-state index contributed by atoms with van der Waals surface area (Å²) in [4.78, 5) is 9.61. The van der Waals surface area contributed by atoms with Crippen LogP contribution >= 0.6 is 11.3 Å². The molecule has 0 fully saturated rings. The monoisotopic (exact) mass is 367 g/mol. The topological polar surface area (TPSA) is 30.7 Å². The van der Waals surface area contributed by atoms with E-state index in [1.807, 2.05) is 31.2 Å². The third kappa shape index (κ3) is 2.84. The van der Waals surface area contributed by atoms with Gasteiger partial charge in [0.05, 0.1) is 16.7 Å². The summed E-state index contributed by atoms with van der Waals surface area (Å²) in [7, 11) is 0. The second kappa shape index (κ2) is 6.49. The molecule has 130 valence electrons. The van der Waals surface area contributed by atoms with E-state index in [4.69, 9.17) is 9.97 Å². The number of aromatic nitrogens is 3. The van der Waals surface area contributed by atoms with Crippen LogP contribution in [0.5, 0.6) is 0 Å². The van der Waals surface area contributed by atoms with Crippen LogP contribution in [0.25, 0.3) is 38.5 Å². The zero-order valence-electron chi connectivity index (χ0n) is 14.8. The Morgan fingerprint density at radius 3 is 2.30 bits per heavy atom. The molecule has 0 aliphatic heterocycles. The normalized spacial score (nSPS) is 11.1. The highest BCUT2D eigenvalue weighted by Crippen LogP contribution is 2.31. The SMILES string of the molecule is Cc1nc2cc(-c3nc(-c4ccccc4)cs3)ccc2n1-c1ccccc1. The van der Waals surface area contributed by atoms with Gasteiger partial charge in [0.25, 0.3) is 0 Å². The highest BCUT2D eigenvalue weighted by atomic mass is 32.1. The van der Waals surface area contributed by atoms with E-state index in [-0.39, 0.29) is 0 Å². The molecular formula is C23H17N3S. The van der Waals surface area contributed by atoms with Gasteiger partial charge in [0.15, 0.2) is 0 Å². The Hall–Kier alpha value is -3.24. The molecule has 0 spiro atoms. The summed E-state index contributed by atoms with van der Waals surface area (Å²) in [6, 6.07) is 27.0. The molecule has 0 saturated heterocycles. The molecule has 0 N–H and O–H groups in total. The van der Waals surface area contributed by atoms with E-state index in [0.717, 1.165) is 44.4 Å². The van der Waals surface area contributed by atoms with Crippen molar-refractivity contribution < 1.29 is 0 Å². The summed E-state index contributed by atoms with van der Waals surface area (Å²) in [6.45, 7) is 2.05. The zero-order chi connectivity index (χ0) is 18.2. The van der Waals surface area contributed by atoms with Crippen molar-refractivity contribution in [3.05, 3.63) is 90.1 Å². The maximum atomic E-state index is 4.83. The number of hydrogen-bond acceptors (Lipinski definition) is 3. The molecule has 0 unspecified atom stereocenters. The number of rotatable bonds is 3. The Balaban J connectivity index is 1.58. The maximum absolute atomic E-state index is 4.83. The van der Waals surface area contributed by atoms with Gasteiger partial charge in [-0.05, 0) is 37.3 Å². The van der Waals surface area contributed by atoms with Crippen LogP contribution < -0.4 is 0 Å².